The number of hydrogen-bond acceptors (Lipinski definition) is 1. The predicted molar refractivity (Wildman–Crippen MR) is 498 cm³/mol. The second-order valence-corrected chi connectivity index (χ2v) is 38.4. The van der Waals surface area contributed by atoms with Crippen molar-refractivity contribution in [2.24, 2.45) is 0 Å². The van der Waals surface area contributed by atoms with Gasteiger partial charge < -0.3 is 5.11 Å². The molecule has 0 fully saturated rings. The van der Waals surface area contributed by atoms with E-state index in [4.69, 9.17) is 0 Å². The molecular weight excluding hydrogens is 1410 g/mol. The average Bonchev–Trinajstić information content (AvgIpc) is 1.57. The standard InChI is InChI=1S/C116H118O/c1-13-17-21-29-57-115(58-30-22-18-14-2)99-35-27-25-33-87(99)97-55-43-80(72-109(97)115)78-41-51-91-89-47-37-74(64-101(89)111(5,6)105(91)68-78)76-39-49-93-95-53-45-82(70-107(95)113(9,10)103(93)66-76)84-61-85(63-86(117)62-84)83-46-54-96-94-50-40-77(67-104(94)114(11,12)108(96)71-83)75-38-48-90-92-52-42-79(69-106(92)112(7,8)102(90)65-75)81-44-56-98-88-34-26-28-36-100(88)116(110(98)73-81,59-31-23-19-15-3)60-32-24-20-16-4/h25-28,33-56,61-73,117H,13-24,29-32,57-60H2,1-12H3. The maximum atomic E-state index is 11.7. The first-order valence-corrected chi connectivity index (χ1v) is 45.2. The van der Waals surface area contributed by atoms with Gasteiger partial charge in [-0.2, -0.15) is 0 Å². The lowest BCUT2D eigenvalue weighted by Gasteiger charge is -2.33. The lowest BCUT2D eigenvalue weighted by atomic mass is 9.70. The van der Waals surface area contributed by atoms with Gasteiger partial charge in [-0.3, -0.25) is 0 Å². The predicted octanol–water partition coefficient (Wildman–Crippen LogP) is 33.0. The van der Waals surface area contributed by atoms with Crippen LogP contribution in [0.25, 0.3) is 134 Å². The van der Waals surface area contributed by atoms with Gasteiger partial charge in [-0.05, 0) is 305 Å². The molecule has 19 rings (SSSR count). The number of aromatic hydroxyl groups is 1. The van der Waals surface area contributed by atoms with Gasteiger partial charge in [-0.25, -0.2) is 0 Å². The van der Waals surface area contributed by atoms with Gasteiger partial charge in [0.25, 0.3) is 0 Å². The number of phenolic OH excluding ortho intramolecular Hbond substituents is 1. The van der Waals surface area contributed by atoms with E-state index in [2.05, 4.69) is 320 Å². The van der Waals surface area contributed by atoms with E-state index in [1.807, 2.05) is 12.1 Å². The molecule has 0 unspecified atom stereocenters. The zero-order chi connectivity index (χ0) is 80.5. The summed E-state index contributed by atoms with van der Waals surface area (Å²) in [7, 11) is 0. The van der Waals surface area contributed by atoms with Crippen molar-refractivity contribution in [2.75, 3.05) is 0 Å². The van der Waals surface area contributed by atoms with E-state index in [0.717, 1.165) is 22.3 Å². The third-order valence-corrected chi connectivity index (χ3v) is 30.0. The van der Waals surface area contributed by atoms with Crippen molar-refractivity contribution < 1.29 is 5.11 Å². The summed E-state index contributed by atoms with van der Waals surface area (Å²) < 4.78 is 0. The third kappa shape index (κ3) is 12.5. The lowest BCUT2D eigenvalue weighted by Crippen LogP contribution is -2.25. The molecule has 1 heteroatoms. The SMILES string of the molecule is CCCCCCC1(CCCCCC)c2ccccc2-c2ccc(-c3ccc4c(c3)C(C)(C)c3cc(-c5ccc6c(c5)C(C)(C)c5cc(-c7cc(O)cc(-c8ccc9c(c8)C(C)(C)c8cc(-c%10ccc%11c(c%10)C(C)(C)c%10cc(-c%12ccc%13c(c%12)C(CCCCCC)(CCCCCC)c%12ccccc%12-%13)ccc%10-%11)ccc8-9)c7)ccc5-6)ccc3-4)cc21. The van der Waals surface area contributed by atoms with Crippen molar-refractivity contribution >= 4 is 0 Å². The highest BCUT2D eigenvalue weighted by Gasteiger charge is 2.46. The summed E-state index contributed by atoms with van der Waals surface area (Å²) in [5.74, 6) is 0.270. The van der Waals surface area contributed by atoms with Crippen LogP contribution in [0, 0.1) is 0 Å². The molecule has 13 aromatic rings. The fourth-order valence-corrected chi connectivity index (χ4v) is 23.3. The molecule has 117 heavy (non-hydrogen) atoms. The van der Waals surface area contributed by atoms with Gasteiger partial charge in [-0.15, -0.1) is 0 Å². The van der Waals surface area contributed by atoms with Crippen LogP contribution in [0.2, 0.25) is 0 Å². The van der Waals surface area contributed by atoms with E-state index < -0.39 is 0 Å². The molecule has 0 amide bonds. The highest BCUT2D eigenvalue weighted by molar-refractivity contribution is 5.94. The van der Waals surface area contributed by atoms with Crippen molar-refractivity contribution in [3.63, 3.8) is 0 Å². The molecule has 0 aromatic heterocycles. The highest BCUT2D eigenvalue weighted by Crippen LogP contribution is 2.61. The third-order valence-electron chi connectivity index (χ3n) is 30.0. The molecule has 1 nitrogen and oxygen atoms in total. The Kier molecular flexibility index (Phi) is 19.4. The fourth-order valence-electron chi connectivity index (χ4n) is 23.3. The fraction of sp³-hybridized carbons (Fsp3) is 0.328. The van der Waals surface area contributed by atoms with Gasteiger partial charge in [0.1, 0.15) is 5.75 Å². The van der Waals surface area contributed by atoms with Gasteiger partial charge in [0.2, 0.25) is 0 Å². The van der Waals surface area contributed by atoms with Crippen LogP contribution < -0.4 is 0 Å². The Morgan fingerprint density at radius 2 is 0.368 bits per heavy atom. The van der Waals surface area contributed by atoms with Crippen molar-refractivity contribution in [1.29, 1.82) is 0 Å². The van der Waals surface area contributed by atoms with E-state index >= 15 is 0 Å². The number of hydrogen-bond donors (Lipinski definition) is 1. The van der Waals surface area contributed by atoms with E-state index in [1.54, 1.807) is 22.3 Å². The number of rotatable bonds is 26. The summed E-state index contributed by atoms with van der Waals surface area (Å²) in [6, 6.07) is 97.7. The minimum atomic E-state index is -0.259. The number of phenols is 1. The first-order chi connectivity index (χ1) is 56.7. The Balaban J connectivity index is 0.559. The minimum absolute atomic E-state index is 0.0532. The van der Waals surface area contributed by atoms with E-state index in [-0.39, 0.29) is 38.2 Å². The quantitative estimate of drug-likeness (QED) is 0.0536. The molecule has 0 heterocycles. The molecule has 13 aromatic carbocycles. The summed E-state index contributed by atoms with van der Waals surface area (Å²) in [6.45, 7) is 28.7. The van der Waals surface area contributed by atoms with Crippen LogP contribution in [0.4, 0.5) is 0 Å². The Morgan fingerprint density at radius 3 is 0.590 bits per heavy atom. The smallest absolute Gasteiger partial charge is 0.116 e. The first kappa shape index (κ1) is 76.6. The van der Waals surface area contributed by atoms with Gasteiger partial charge in [0.05, 0.1) is 0 Å². The van der Waals surface area contributed by atoms with Crippen molar-refractivity contribution in [2.45, 2.75) is 244 Å². The number of benzene rings is 13. The van der Waals surface area contributed by atoms with Gasteiger partial charge in [0.15, 0.2) is 0 Å². The first-order valence-electron chi connectivity index (χ1n) is 45.2. The topological polar surface area (TPSA) is 20.2 Å². The molecule has 6 aliphatic carbocycles. The lowest BCUT2D eigenvalue weighted by molar-refractivity contribution is 0.401. The molecule has 1 N–H and O–H groups in total. The second-order valence-electron chi connectivity index (χ2n) is 38.4. The van der Waals surface area contributed by atoms with Crippen molar-refractivity contribution in [3.8, 4) is 139 Å². The van der Waals surface area contributed by atoms with Crippen LogP contribution >= 0.6 is 0 Å². The Bertz CT molecular complexity index is 5720. The minimum Gasteiger partial charge on any atom is -0.508 e. The number of fused-ring (bicyclic) bond motifs is 18. The normalized spacial score (nSPS) is 15.8. The average molecular weight is 1530 g/mol. The Labute approximate surface area is 699 Å². The molecule has 0 saturated carbocycles. The van der Waals surface area contributed by atoms with Crippen LogP contribution in [0.15, 0.2) is 249 Å². The van der Waals surface area contributed by atoms with Crippen LogP contribution in [0.5, 0.6) is 5.75 Å². The van der Waals surface area contributed by atoms with Crippen LogP contribution in [-0.2, 0) is 32.5 Å². The van der Waals surface area contributed by atoms with E-state index in [1.165, 1.54) is 284 Å². The maximum Gasteiger partial charge on any atom is 0.116 e. The zero-order valence-corrected chi connectivity index (χ0v) is 71.8. The molecule has 0 radical (unpaired) electrons. The second kappa shape index (κ2) is 29.6. The highest BCUT2D eigenvalue weighted by atomic mass is 16.3. The van der Waals surface area contributed by atoms with Crippen molar-refractivity contribution in [1.82, 2.24) is 0 Å². The van der Waals surface area contributed by atoms with Crippen molar-refractivity contribution in [3.05, 3.63) is 315 Å². The molecule has 0 saturated heterocycles. The molecule has 6 aliphatic rings. The molecule has 588 valence electrons. The summed E-state index contributed by atoms with van der Waals surface area (Å²) in [4.78, 5) is 0. The molecular formula is C116H118O. The monoisotopic (exact) mass is 1530 g/mol. The summed E-state index contributed by atoms with van der Waals surface area (Å²) in [5, 5.41) is 11.7. The summed E-state index contributed by atoms with van der Waals surface area (Å²) in [5.41, 5.74) is 47.3. The Hall–Kier alpha value is -10.3. The summed E-state index contributed by atoms with van der Waals surface area (Å²) >= 11 is 0. The summed E-state index contributed by atoms with van der Waals surface area (Å²) in [6.07, 6.45) is 25.4. The largest absolute Gasteiger partial charge is 0.508 e. The molecule has 0 spiro atoms. The van der Waals surface area contributed by atoms with Gasteiger partial charge in [0, 0.05) is 32.5 Å². The van der Waals surface area contributed by atoms with Crippen LogP contribution in [-0.4, -0.2) is 5.11 Å². The van der Waals surface area contributed by atoms with E-state index in [9.17, 15) is 5.11 Å². The van der Waals surface area contributed by atoms with Crippen LogP contribution in [0.1, 0.15) is 278 Å². The number of unbranched alkanes of at least 4 members (excludes halogenated alkanes) is 12. The van der Waals surface area contributed by atoms with Gasteiger partial charge in [-0.1, -0.05) is 356 Å². The molecule has 0 aliphatic heterocycles. The Morgan fingerprint density at radius 1 is 0.179 bits per heavy atom. The maximum absolute atomic E-state index is 11.7. The van der Waals surface area contributed by atoms with Gasteiger partial charge >= 0.3 is 0 Å². The van der Waals surface area contributed by atoms with E-state index in [0.29, 0.717) is 0 Å². The molecule has 0 atom stereocenters. The van der Waals surface area contributed by atoms with Crippen LogP contribution in [0.3, 0.4) is 0 Å². The zero-order valence-electron chi connectivity index (χ0n) is 71.8. The molecule has 0 bridgehead atoms.